The smallest absolute Gasteiger partial charge is 0.237 e. The summed E-state index contributed by atoms with van der Waals surface area (Å²) in [4.78, 5) is 14.2. The maximum absolute atomic E-state index is 12.0. The molecule has 5 heteroatoms. The number of piperidine rings is 1. The summed E-state index contributed by atoms with van der Waals surface area (Å²) < 4.78 is 0. The molecule has 0 bridgehead atoms. The number of hydrogen-bond donors (Lipinski definition) is 2. The van der Waals surface area contributed by atoms with Crippen LogP contribution in [0.15, 0.2) is 18.2 Å². The Hall–Kier alpha value is -1.26. The maximum Gasteiger partial charge on any atom is 0.237 e. The second kappa shape index (κ2) is 6.46. The first kappa shape index (κ1) is 15.1. The summed E-state index contributed by atoms with van der Waals surface area (Å²) in [6, 6.07) is 4.86. The van der Waals surface area contributed by atoms with Gasteiger partial charge in [0.25, 0.3) is 0 Å². The predicted molar refractivity (Wildman–Crippen MR) is 79.9 cm³/mol. The minimum absolute atomic E-state index is 0.0399. The highest BCUT2D eigenvalue weighted by atomic mass is 35.5. The third-order valence-corrected chi connectivity index (χ3v) is 4.27. The predicted octanol–water partition coefficient (Wildman–Crippen LogP) is 2.71. The number of phenols is 1. The first-order chi connectivity index (χ1) is 9.54. The lowest BCUT2D eigenvalue weighted by atomic mass is 9.96. The fourth-order valence-electron chi connectivity index (χ4n) is 2.90. The molecular formula is C15H21ClN2O2. The van der Waals surface area contributed by atoms with Crippen molar-refractivity contribution in [3.05, 3.63) is 28.8 Å². The van der Waals surface area contributed by atoms with Gasteiger partial charge in [-0.2, -0.15) is 0 Å². The minimum Gasteiger partial charge on any atom is -0.508 e. The number of likely N-dealkylation sites (N-methyl/N-ethyl adjacent to an activating group) is 1. The van der Waals surface area contributed by atoms with Crippen LogP contribution in [-0.2, 0) is 4.79 Å². The number of hydrogen-bond acceptors (Lipinski definition) is 3. The molecule has 1 aliphatic heterocycles. The van der Waals surface area contributed by atoms with Gasteiger partial charge in [-0.15, -0.1) is 0 Å². The number of rotatable bonds is 3. The van der Waals surface area contributed by atoms with Crippen LogP contribution in [-0.4, -0.2) is 35.5 Å². The average molecular weight is 297 g/mol. The summed E-state index contributed by atoms with van der Waals surface area (Å²) in [6.45, 7) is 2.86. The van der Waals surface area contributed by atoms with E-state index in [0.29, 0.717) is 5.02 Å². The maximum atomic E-state index is 12.0. The lowest BCUT2D eigenvalue weighted by molar-refractivity contribution is -0.128. The topological polar surface area (TPSA) is 52.6 Å². The second-order valence-electron chi connectivity index (χ2n) is 5.24. The van der Waals surface area contributed by atoms with Crippen LogP contribution in [0.1, 0.15) is 37.8 Å². The van der Waals surface area contributed by atoms with Crippen LogP contribution < -0.4 is 5.32 Å². The Labute approximate surface area is 124 Å². The number of carbonyl (C=O) groups excluding carboxylic acids is 1. The molecule has 2 rings (SSSR count). The van der Waals surface area contributed by atoms with Gasteiger partial charge in [-0.05, 0) is 44.5 Å². The van der Waals surface area contributed by atoms with Crippen LogP contribution in [0.25, 0.3) is 0 Å². The van der Waals surface area contributed by atoms with Crippen molar-refractivity contribution in [2.75, 3.05) is 13.6 Å². The number of carbonyl (C=O) groups is 1. The molecule has 1 aromatic carbocycles. The number of nitrogens with one attached hydrogen (secondary N) is 1. The first-order valence-corrected chi connectivity index (χ1v) is 7.38. The Morgan fingerprint density at radius 1 is 1.50 bits per heavy atom. The van der Waals surface area contributed by atoms with Gasteiger partial charge in [0, 0.05) is 23.7 Å². The van der Waals surface area contributed by atoms with E-state index in [1.807, 2.05) is 6.92 Å². The van der Waals surface area contributed by atoms with E-state index in [4.69, 9.17) is 11.6 Å². The molecular weight excluding hydrogens is 276 g/mol. The molecule has 1 fully saturated rings. The van der Waals surface area contributed by atoms with Crippen LogP contribution >= 0.6 is 11.6 Å². The molecule has 1 aromatic rings. The zero-order valence-electron chi connectivity index (χ0n) is 11.9. The van der Waals surface area contributed by atoms with Crippen LogP contribution in [0.3, 0.4) is 0 Å². The van der Waals surface area contributed by atoms with Gasteiger partial charge in [0.05, 0.1) is 6.04 Å². The van der Waals surface area contributed by atoms with Gasteiger partial charge in [-0.25, -0.2) is 0 Å². The molecule has 2 unspecified atom stereocenters. The van der Waals surface area contributed by atoms with Crippen molar-refractivity contribution in [3.8, 4) is 5.75 Å². The Morgan fingerprint density at radius 3 is 2.95 bits per heavy atom. The summed E-state index contributed by atoms with van der Waals surface area (Å²) in [5.41, 5.74) is 0.772. The Kier molecular flexibility index (Phi) is 4.89. The summed E-state index contributed by atoms with van der Waals surface area (Å²) >= 11 is 6.02. The van der Waals surface area contributed by atoms with Crippen LogP contribution in [0.5, 0.6) is 5.75 Å². The molecule has 1 heterocycles. The zero-order chi connectivity index (χ0) is 14.7. The number of halogens is 1. The highest BCUT2D eigenvalue weighted by Gasteiger charge is 2.32. The lowest BCUT2D eigenvalue weighted by Crippen LogP contribution is -2.49. The minimum atomic E-state index is -0.137. The molecule has 0 radical (unpaired) electrons. The third kappa shape index (κ3) is 3.07. The largest absolute Gasteiger partial charge is 0.508 e. The van der Waals surface area contributed by atoms with Crippen molar-refractivity contribution in [1.29, 1.82) is 0 Å². The van der Waals surface area contributed by atoms with Crippen molar-refractivity contribution in [3.63, 3.8) is 0 Å². The molecule has 1 aliphatic rings. The number of phenolic OH excluding ortho intramolecular Hbond substituents is 1. The van der Waals surface area contributed by atoms with E-state index in [-0.39, 0.29) is 23.7 Å². The summed E-state index contributed by atoms with van der Waals surface area (Å²) in [7, 11) is 1.66. The van der Waals surface area contributed by atoms with Gasteiger partial charge >= 0.3 is 0 Å². The highest BCUT2D eigenvalue weighted by molar-refractivity contribution is 6.30. The molecule has 0 spiro atoms. The normalized spacial score (nSPS) is 21.4. The van der Waals surface area contributed by atoms with Gasteiger partial charge < -0.3 is 10.4 Å². The molecule has 2 atom stereocenters. The van der Waals surface area contributed by atoms with E-state index >= 15 is 0 Å². The van der Waals surface area contributed by atoms with Crippen molar-refractivity contribution < 1.29 is 9.90 Å². The molecule has 0 saturated carbocycles. The summed E-state index contributed by atoms with van der Waals surface area (Å²) in [5, 5.41) is 13.4. The van der Waals surface area contributed by atoms with E-state index in [1.54, 1.807) is 25.2 Å². The highest BCUT2D eigenvalue weighted by Crippen LogP contribution is 2.34. The monoisotopic (exact) mass is 296 g/mol. The molecule has 1 amide bonds. The molecule has 110 valence electrons. The fourth-order valence-corrected chi connectivity index (χ4v) is 3.08. The molecule has 0 aromatic heterocycles. The number of aromatic hydroxyl groups is 1. The van der Waals surface area contributed by atoms with E-state index in [0.717, 1.165) is 31.4 Å². The Morgan fingerprint density at radius 2 is 2.25 bits per heavy atom. The van der Waals surface area contributed by atoms with E-state index in [1.165, 1.54) is 0 Å². The third-order valence-electron chi connectivity index (χ3n) is 4.03. The van der Waals surface area contributed by atoms with Gasteiger partial charge in [-0.1, -0.05) is 18.0 Å². The van der Waals surface area contributed by atoms with Gasteiger partial charge in [0.2, 0.25) is 5.91 Å². The zero-order valence-corrected chi connectivity index (χ0v) is 12.7. The van der Waals surface area contributed by atoms with Gasteiger partial charge in [0.1, 0.15) is 5.75 Å². The van der Waals surface area contributed by atoms with Crippen molar-refractivity contribution in [2.45, 2.75) is 38.3 Å². The van der Waals surface area contributed by atoms with Crippen LogP contribution in [0.2, 0.25) is 5.02 Å². The van der Waals surface area contributed by atoms with Gasteiger partial charge in [-0.3, -0.25) is 9.69 Å². The SMILES string of the molecule is CNC(=O)C1CCCCN1C(C)c1cc(Cl)ccc1O. The second-order valence-corrected chi connectivity index (χ2v) is 5.68. The molecule has 2 N–H and O–H groups in total. The summed E-state index contributed by atoms with van der Waals surface area (Å²) in [6.07, 6.45) is 2.98. The number of benzene rings is 1. The van der Waals surface area contributed by atoms with Crippen molar-refractivity contribution in [1.82, 2.24) is 10.2 Å². The number of likely N-dealkylation sites (tertiary alicyclic amines) is 1. The molecule has 1 saturated heterocycles. The van der Waals surface area contributed by atoms with E-state index in [2.05, 4.69) is 10.2 Å². The Bertz CT molecular complexity index is 493. The number of amides is 1. The lowest BCUT2D eigenvalue weighted by Gasteiger charge is -2.39. The molecule has 4 nitrogen and oxygen atoms in total. The number of nitrogens with zero attached hydrogens (tertiary/aromatic N) is 1. The quantitative estimate of drug-likeness (QED) is 0.902. The first-order valence-electron chi connectivity index (χ1n) is 7.00. The standard InChI is InChI=1S/C15H21ClN2O2/c1-10(12-9-11(16)6-7-14(12)19)18-8-4-3-5-13(18)15(20)17-2/h6-7,9-10,13,19H,3-5,8H2,1-2H3,(H,17,20). The van der Waals surface area contributed by atoms with Crippen LogP contribution in [0.4, 0.5) is 0 Å². The van der Waals surface area contributed by atoms with Crippen molar-refractivity contribution in [2.24, 2.45) is 0 Å². The summed E-state index contributed by atoms with van der Waals surface area (Å²) in [5.74, 6) is 0.265. The van der Waals surface area contributed by atoms with E-state index in [9.17, 15) is 9.90 Å². The molecule has 20 heavy (non-hydrogen) atoms. The average Bonchev–Trinajstić information content (AvgIpc) is 2.48. The fraction of sp³-hybridized carbons (Fsp3) is 0.533. The molecule has 0 aliphatic carbocycles. The van der Waals surface area contributed by atoms with Crippen LogP contribution in [0, 0.1) is 0 Å². The Balaban J connectivity index is 2.27. The van der Waals surface area contributed by atoms with E-state index < -0.39 is 0 Å². The van der Waals surface area contributed by atoms with Crippen molar-refractivity contribution >= 4 is 17.5 Å². The van der Waals surface area contributed by atoms with Gasteiger partial charge in [0.15, 0.2) is 0 Å².